The van der Waals surface area contributed by atoms with Crippen LogP contribution >= 0.6 is 11.6 Å². The Labute approximate surface area is 132 Å². The molecule has 0 bridgehead atoms. The van der Waals surface area contributed by atoms with E-state index in [1.54, 1.807) is 25.3 Å². The van der Waals surface area contributed by atoms with Crippen LogP contribution in [0.3, 0.4) is 0 Å². The van der Waals surface area contributed by atoms with E-state index in [2.05, 4.69) is 10.3 Å². The van der Waals surface area contributed by atoms with Crippen LogP contribution in [-0.2, 0) is 5.88 Å². The summed E-state index contributed by atoms with van der Waals surface area (Å²) in [6.07, 6.45) is 0. The van der Waals surface area contributed by atoms with E-state index in [1.165, 1.54) is 10.7 Å². The number of para-hydroxylation sites is 1. The summed E-state index contributed by atoms with van der Waals surface area (Å²) < 4.78 is 20.8. The van der Waals surface area contributed by atoms with Crippen molar-refractivity contribution in [1.29, 1.82) is 0 Å². The lowest BCUT2D eigenvalue weighted by Crippen LogP contribution is -2.02. The molecule has 112 valence electrons. The van der Waals surface area contributed by atoms with Crippen molar-refractivity contribution in [3.63, 3.8) is 0 Å². The third-order valence-corrected chi connectivity index (χ3v) is 3.54. The zero-order valence-corrected chi connectivity index (χ0v) is 12.6. The fourth-order valence-corrected chi connectivity index (χ4v) is 2.43. The van der Waals surface area contributed by atoms with Crippen molar-refractivity contribution in [2.45, 2.75) is 5.88 Å². The highest BCUT2D eigenvalue weighted by atomic mass is 35.5. The van der Waals surface area contributed by atoms with Crippen LogP contribution in [0.1, 0.15) is 5.69 Å². The number of rotatable bonds is 4. The van der Waals surface area contributed by atoms with Crippen molar-refractivity contribution in [2.75, 3.05) is 7.11 Å². The fraction of sp³-hybridized carbons (Fsp3) is 0.125. The molecule has 0 atom stereocenters. The molecule has 0 fully saturated rings. The summed E-state index contributed by atoms with van der Waals surface area (Å²) >= 11 is 5.96. The third-order valence-electron chi connectivity index (χ3n) is 3.29. The van der Waals surface area contributed by atoms with E-state index in [4.69, 9.17) is 16.3 Å². The van der Waals surface area contributed by atoms with Gasteiger partial charge in [0.25, 0.3) is 0 Å². The summed E-state index contributed by atoms with van der Waals surface area (Å²) in [6, 6.07) is 13.8. The Balaban J connectivity index is 2.22. The second-order valence-electron chi connectivity index (χ2n) is 4.61. The number of ether oxygens (including phenoxy) is 1. The van der Waals surface area contributed by atoms with Gasteiger partial charge in [0.2, 0.25) is 0 Å². The maximum Gasteiger partial charge on any atom is 0.148 e. The van der Waals surface area contributed by atoms with Crippen molar-refractivity contribution < 1.29 is 9.13 Å². The van der Waals surface area contributed by atoms with Crippen LogP contribution in [0.15, 0.2) is 48.5 Å². The van der Waals surface area contributed by atoms with Gasteiger partial charge < -0.3 is 4.74 Å². The van der Waals surface area contributed by atoms with Crippen LogP contribution in [0.5, 0.6) is 5.75 Å². The van der Waals surface area contributed by atoms with E-state index in [1.807, 2.05) is 24.3 Å². The molecule has 22 heavy (non-hydrogen) atoms. The summed E-state index contributed by atoms with van der Waals surface area (Å²) in [7, 11) is 1.59. The average Bonchev–Trinajstić information content (AvgIpc) is 2.99. The van der Waals surface area contributed by atoms with Crippen molar-refractivity contribution in [3.05, 3.63) is 60.0 Å². The predicted molar refractivity (Wildman–Crippen MR) is 82.9 cm³/mol. The van der Waals surface area contributed by atoms with Gasteiger partial charge >= 0.3 is 0 Å². The molecule has 1 heterocycles. The topological polar surface area (TPSA) is 39.9 Å². The third kappa shape index (κ3) is 2.55. The molecule has 0 amide bonds. The van der Waals surface area contributed by atoms with Crippen LogP contribution in [0, 0.1) is 5.82 Å². The molecule has 0 aliphatic carbocycles. The zero-order chi connectivity index (χ0) is 15.5. The molecule has 2 aromatic carbocycles. The van der Waals surface area contributed by atoms with Gasteiger partial charge in [-0.3, -0.25) is 0 Å². The molecule has 0 unspecified atom stereocenters. The summed E-state index contributed by atoms with van der Waals surface area (Å²) in [4.78, 5) is 0. The van der Waals surface area contributed by atoms with E-state index in [9.17, 15) is 4.39 Å². The summed E-state index contributed by atoms with van der Waals surface area (Å²) in [5.74, 6) is 0.498. The molecular weight excluding hydrogens is 305 g/mol. The molecule has 6 heteroatoms. The maximum absolute atomic E-state index is 14.1. The molecule has 0 spiro atoms. The Bertz CT molecular complexity index is 804. The lowest BCUT2D eigenvalue weighted by Gasteiger charge is -2.09. The van der Waals surface area contributed by atoms with Crippen LogP contribution < -0.4 is 4.74 Å². The second-order valence-corrected chi connectivity index (χ2v) is 4.88. The van der Waals surface area contributed by atoms with Gasteiger partial charge in [0.15, 0.2) is 0 Å². The first-order chi connectivity index (χ1) is 10.7. The van der Waals surface area contributed by atoms with Crippen LogP contribution in [0.4, 0.5) is 4.39 Å². The SMILES string of the molecule is COc1cccc(-c2c(CCl)nnn2-c2ccccc2F)c1. The average molecular weight is 318 g/mol. The van der Waals surface area contributed by atoms with Gasteiger partial charge in [-0.25, -0.2) is 9.07 Å². The van der Waals surface area contributed by atoms with E-state index in [0.29, 0.717) is 22.8 Å². The highest BCUT2D eigenvalue weighted by molar-refractivity contribution is 6.17. The van der Waals surface area contributed by atoms with Crippen molar-refractivity contribution in [2.24, 2.45) is 0 Å². The second kappa shape index (κ2) is 6.15. The Hall–Kier alpha value is -2.40. The first-order valence-corrected chi connectivity index (χ1v) is 7.18. The first-order valence-electron chi connectivity index (χ1n) is 6.64. The van der Waals surface area contributed by atoms with Gasteiger partial charge in [0.05, 0.1) is 18.7 Å². The van der Waals surface area contributed by atoms with Gasteiger partial charge in [-0.1, -0.05) is 29.5 Å². The number of alkyl halides is 1. The summed E-state index contributed by atoms with van der Waals surface area (Å²) in [5.41, 5.74) is 2.37. The highest BCUT2D eigenvalue weighted by Gasteiger charge is 2.18. The number of nitrogens with zero attached hydrogens (tertiary/aromatic N) is 3. The number of hydrogen-bond acceptors (Lipinski definition) is 3. The fourth-order valence-electron chi connectivity index (χ4n) is 2.25. The van der Waals surface area contributed by atoms with E-state index < -0.39 is 0 Å². The molecule has 0 saturated carbocycles. The largest absolute Gasteiger partial charge is 0.497 e. The summed E-state index contributed by atoms with van der Waals surface area (Å²) in [6.45, 7) is 0. The minimum absolute atomic E-state index is 0.182. The standard InChI is InChI=1S/C16H13ClFN3O/c1-22-12-6-4-5-11(9-12)16-14(10-17)19-20-21(16)15-8-3-2-7-13(15)18/h2-9H,10H2,1H3. The van der Waals surface area contributed by atoms with E-state index in [-0.39, 0.29) is 11.7 Å². The molecule has 0 aliphatic heterocycles. The number of hydrogen-bond donors (Lipinski definition) is 0. The Morgan fingerprint density at radius 1 is 1.18 bits per heavy atom. The molecule has 4 nitrogen and oxygen atoms in total. The molecule has 3 aromatic rings. The van der Waals surface area contributed by atoms with Crippen LogP contribution in [0.2, 0.25) is 0 Å². The number of methoxy groups -OCH3 is 1. The molecule has 0 N–H and O–H groups in total. The molecular formula is C16H13ClFN3O. The molecule has 1 aromatic heterocycles. The Kier molecular flexibility index (Phi) is 4.06. The van der Waals surface area contributed by atoms with E-state index in [0.717, 1.165) is 5.56 Å². The highest BCUT2D eigenvalue weighted by Crippen LogP contribution is 2.29. The van der Waals surface area contributed by atoms with Crippen LogP contribution in [0.25, 0.3) is 16.9 Å². The van der Waals surface area contributed by atoms with Crippen LogP contribution in [-0.4, -0.2) is 22.1 Å². The van der Waals surface area contributed by atoms with Gasteiger partial charge in [-0.15, -0.1) is 16.7 Å². The van der Waals surface area contributed by atoms with Crippen molar-refractivity contribution in [1.82, 2.24) is 15.0 Å². The molecule has 0 radical (unpaired) electrons. The van der Waals surface area contributed by atoms with Gasteiger partial charge in [-0.05, 0) is 24.3 Å². The van der Waals surface area contributed by atoms with Gasteiger partial charge in [-0.2, -0.15) is 0 Å². The molecule has 0 saturated heterocycles. The Morgan fingerprint density at radius 3 is 2.73 bits per heavy atom. The smallest absolute Gasteiger partial charge is 0.148 e. The normalized spacial score (nSPS) is 10.7. The van der Waals surface area contributed by atoms with Crippen molar-refractivity contribution >= 4 is 11.6 Å². The predicted octanol–water partition coefficient (Wildman–Crippen LogP) is 3.82. The maximum atomic E-state index is 14.1. The van der Waals surface area contributed by atoms with Gasteiger partial charge in [0, 0.05) is 5.56 Å². The van der Waals surface area contributed by atoms with Crippen molar-refractivity contribution in [3.8, 4) is 22.7 Å². The lowest BCUT2D eigenvalue weighted by molar-refractivity contribution is 0.415. The van der Waals surface area contributed by atoms with E-state index >= 15 is 0 Å². The zero-order valence-electron chi connectivity index (χ0n) is 11.8. The first kappa shape index (κ1) is 14.5. The summed E-state index contributed by atoms with van der Waals surface area (Å²) in [5, 5.41) is 8.11. The number of aromatic nitrogens is 3. The Morgan fingerprint density at radius 2 is 2.00 bits per heavy atom. The monoisotopic (exact) mass is 317 g/mol. The number of halogens is 2. The molecule has 0 aliphatic rings. The quantitative estimate of drug-likeness (QED) is 0.687. The minimum atomic E-state index is -0.377. The number of benzene rings is 2. The van der Waals surface area contributed by atoms with Gasteiger partial charge in [0.1, 0.15) is 22.9 Å². The lowest BCUT2D eigenvalue weighted by atomic mass is 10.1. The molecule has 3 rings (SSSR count). The minimum Gasteiger partial charge on any atom is -0.497 e.